The molecule has 0 amide bonds. The molecule has 112 valence electrons. The Hall–Kier alpha value is -2.07. The first kappa shape index (κ1) is 15.3. The van der Waals surface area contributed by atoms with Crippen LogP contribution in [0, 0.1) is 19.7 Å². The maximum atomic E-state index is 13.1. The van der Waals surface area contributed by atoms with E-state index in [0.717, 1.165) is 35.7 Å². The molecule has 0 aliphatic carbocycles. The van der Waals surface area contributed by atoms with Gasteiger partial charge < -0.3 is 15.5 Å². The van der Waals surface area contributed by atoms with E-state index in [1.165, 1.54) is 6.07 Å². The van der Waals surface area contributed by atoms with Crippen LogP contribution in [-0.4, -0.2) is 16.8 Å². The minimum absolute atomic E-state index is 0.0587. The number of aromatic hydroxyl groups is 2. The van der Waals surface area contributed by atoms with Crippen molar-refractivity contribution in [1.82, 2.24) is 5.32 Å². The smallest absolute Gasteiger partial charge is 0.127 e. The van der Waals surface area contributed by atoms with Crippen molar-refractivity contribution in [2.45, 2.75) is 26.8 Å². The molecule has 0 aliphatic rings. The average molecular weight is 289 g/mol. The summed E-state index contributed by atoms with van der Waals surface area (Å²) < 4.78 is 13.1. The van der Waals surface area contributed by atoms with Gasteiger partial charge in [0.15, 0.2) is 0 Å². The molecule has 2 rings (SSSR count). The van der Waals surface area contributed by atoms with Crippen molar-refractivity contribution in [3.05, 3.63) is 58.4 Å². The van der Waals surface area contributed by atoms with Gasteiger partial charge in [0.2, 0.25) is 0 Å². The second-order valence-electron chi connectivity index (χ2n) is 5.32. The molecule has 0 saturated heterocycles. The number of halogens is 1. The van der Waals surface area contributed by atoms with E-state index >= 15 is 0 Å². The lowest BCUT2D eigenvalue weighted by Crippen LogP contribution is -2.16. The van der Waals surface area contributed by atoms with Crippen LogP contribution < -0.4 is 5.32 Å². The summed E-state index contributed by atoms with van der Waals surface area (Å²) in [5.74, 6) is -0.143. The number of benzene rings is 2. The van der Waals surface area contributed by atoms with Gasteiger partial charge in [0.25, 0.3) is 0 Å². The van der Waals surface area contributed by atoms with E-state index in [2.05, 4.69) is 5.32 Å². The molecule has 3 N–H and O–H groups in total. The summed E-state index contributed by atoms with van der Waals surface area (Å²) >= 11 is 0. The molecule has 0 spiro atoms. The molecule has 3 nitrogen and oxygen atoms in total. The third kappa shape index (κ3) is 4.20. The summed E-state index contributed by atoms with van der Waals surface area (Å²) in [7, 11) is 0. The molecule has 2 aromatic rings. The molecule has 0 aromatic heterocycles. The van der Waals surface area contributed by atoms with Gasteiger partial charge in [-0.25, -0.2) is 4.39 Å². The fourth-order valence-electron chi connectivity index (χ4n) is 2.39. The molecular weight excluding hydrogens is 269 g/mol. The first-order chi connectivity index (χ1) is 9.95. The maximum absolute atomic E-state index is 13.1. The highest BCUT2D eigenvalue weighted by Gasteiger charge is 2.04. The van der Waals surface area contributed by atoms with Crippen molar-refractivity contribution in [2.24, 2.45) is 0 Å². The summed E-state index contributed by atoms with van der Waals surface area (Å²) in [6, 6.07) is 7.98. The molecule has 4 heteroatoms. The van der Waals surface area contributed by atoms with Crippen LogP contribution in [0.4, 0.5) is 4.39 Å². The quantitative estimate of drug-likeness (QED) is 0.741. The molecule has 0 heterocycles. The fraction of sp³-hybridized carbons (Fsp3) is 0.294. The van der Waals surface area contributed by atoms with Gasteiger partial charge in [0.1, 0.15) is 17.3 Å². The van der Waals surface area contributed by atoms with E-state index in [1.54, 1.807) is 6.07 Å². The standard InChI is InChI=1S/C17H20FNO2/c1-11-5-13(6-12(2)17(11)21)3-4-19-10-14-7-15(18)9-16(20)8-14/h5-9,19-21H,3-4,10H2,1-2H3. The van der Waals surface area contributed by atoms with Crippen molar-refractivity contribution in [3.8, 4) is 11.5 Å². The predicted octanol–water partition coefficient (Wildman–Crippen LogP) is 3.19. The number of phenolic OH excluding ortho intramolecular Hbond substituents is 2. The Balaban J connectivity index is 1.87. The lowest BCUT2D eigenvalue weighted by atomic mass is 10.0. The molecule has 0 fully saturated rings. The van der Waals surface area contributed by atoms with E-state index in [9.17, 15) is 14.6 Å². The lowest BCUT2D eigenvalue weighted by molar-refractivity contribution is 0.466. The van der Waals surface area contributed by atoms with Crippen molar-refractivity contribution in [2.75, 3.05) is 6.54 Å². The van der Waals surface area contributed by atoms with Gasteiger partial charge >= 0.3 is 0 Å². The molecular formula is C17H20FNO2. The number of aryl methyl sites for hydroxylation is 2. The van der Waals surface area contributed by atoms with Gasteiger partial charge in [-0.3, -0.25) is 0 Å². The zero-order chi connectivity index (χ0) is 15.4. The topological polar surface area (TPSA) is 52.5 Å². The number of rotatable bonds is 5. The van der Waals surface area contributed by atoms with Gasteiger partial charge in [0, 0.05) is 12.6 Å². The highest BCUT2D eigenvalue weighted by atomic mass is 19.1. The third-order valence-electron chi connectivity index (χ3n) is 3.41. The van der Waals surface area contributed by atoms with E-state index in [1.807, 2.05) is 26.0 Å². The Morgan fingerprint density at radius 2 is 1.62 bits per heavy atom. The highest BCUT2D eigenvalue weighted by Crippen LogP contribution is 2.23. The predicted molar refractivity (Wildman–Crippen MR) is 81.1 cm³/mol. The molecule has 0 saturated carbocycles. The Morgan fingerprint density at radius 3 is 2.24 bits per heavy atom. The van der Waals surface area contributed by atoms with Crippen LogP contribution in [0.1, 0.15) is 22.3 Å². The second-order valence-corrected chi connectivity index (χ2v) is 5.32. The van der Waals surface area contributed by atoms with Crippen molar-refractivity contribution >= 4 is 0 Å². The van der Waals surface area contributed by atoms with Crippen LogP contribution in [0.15, 0.2) is 30.3 Å². The van der Waals surface area contributed by atoms with Crippen molar-refractivity contribution in [3.63, 3.8) is 0 Å². The number of hydrogen-bond acceptors (Lipinski definition) is 3. The number of nitrogens with one attached hydrogen (secondary N) is 1. The monoisotopic (exact) mass is 289 g/mol. The Kier molecular flexibility index (Phi) is 4.81. The van der Waals surface area contributed by atoms with Gasteiger partial charge in [-0.2, -0.15) is 0 Å². The lowest BCUT2D eigenvalue weighted by Gasteiger charge is -2.09. The Bertz CT molecular complexity index is 597. The van der Waals surface area contributed by atoms with Crippen LogP contribution in [0.3, 0.4) is 0 Å². The second kappa shape index (κ2) is 6.59. The average Bonchev–Trinajstić information content (AvgIpc) is 2.40. The summed E-state index contributed by atoms with van der Waals surface area (Å²) in [6.45, 7) is 5.01. The first-order valence-electron chi connectivity index (χ1n) is 6.94. The maximum Gasteiger partial charge on any atom is 0.127 e. The normalized spacial score (nSPS) is 10.8. The fourth-order valence-corrected chi connectivity index (χ4v) is 2.39. The van der Waals surface area contributed by atoms with Gasteiger partial charge in [-0.05, 0) is 61.2 Å². The Labute approximate surface area is 124 Å². The zero-order valence-electron chi connectivity index (χ0n) is 12.3. The minimum Gasteiger partial charge on any atom is -0.508 e. The van der Waals surface area contributed by atoms with E-state index in [-0.39, 0.29) is 5.75 Å². The van der Waals surface area contributed by atoms with Crippen molar-refractivity contribution in [1.29, 1.82) is 0 Å². The number of phenols is 2. The minimum atomic E-state index is -0.434. The van der Waals surface area contributed by atoms with Gasteiger partial charge in [-0.15, -0.1) is 0 Å². The van der Waals surface area contributed by atoms with Crippen LogP contribution in [0.5, 0.6) is 11.5 Å². The Morgan fingerprint density at radius 1 is 0.952 bits per heavy atom. The largest absolute Gasteiger partial charge is 0.508 e. The molecule has 2 aromatic carbocycles. The molecule has 0 aliphatic heterocycles. The van der Waals surface area contributed by atoms with E-state index in [0.29, 0.717) is 17.9 Å². The first-order valence-corrected chi connectivity index (χ1v) is 6.94. The van der Waals surface area contributed by atoms with Crippen LogP contribution in [0.25, 0.3) is 0 Å². The summed E-state index contributed by atoms with van der Waals surface area (Å²) in [4.78, 5) is 0. The van der Waals surface area contributed by atoms with Gasteiger partial charge in [0.05, 0.1) is 0 Å². The van der Waals surface area contributed by atoms with Gasteiger partial charge in [-0.1, -0.05) is 12.1 Å². The summed E-state index contributed by atoms with van der Waals surface area (Å²) in [5.41, 5.74) is 3.61. The van der Waals surface area contributed by atoms with Crippen molar-refractivity contribution < 1.29 is 14.6 Å². The van der Waals surface area contributed by atoms with E-state index in [4.69, 9.17) is 0 Å². The molecule has 0 atom stereocenters. The molecule has 0 bridgehead atoms. The highest BCUT2D eigenvalue weighted by molar-refractivity contribution is 5.42. The van der Waals surface area contributed by atoms with Crippen LogP contribution in [0.2, 0.25) is 0 Å². The number of hydrogen-bond donors (Lipinski definition) is 3. The van der Waals surface area contributed by atoms with E-state index < -0.39 is 5.82 Å². The molecule has 0 unspecified atom stereocenters. The third-order valence-corrected chi connectivity index (χ3v) is 3.41. The zero-order valence-corrected chi connectivity index (χ0v) is 12.3. The molecule has 0 radical (unpaired) electrons. The van der Waals surface area contributed by atoms with Crippen LogP contribution in [-0.2, 0) is 13.0 Å². The SMILES string of the molecule is Cc1cc(CCNCc2cc(O)cc(F)c2)cc(C)c1O. The summed E-state index contributed by atoms with van der Waals surface area (Å²) in [6.07, 6.45) is 0.823. The van der Waals surface area contributed by atoms with Crippen LogP contribution >= 0.6 is 0 Å². The molecule has 21 heavy (non-hydrogen) atoms. The summed E-state index contributed by atoms with van der Waals surface area (Å²) in [5, 5.41) is 22.3.